The van der Waals surface area contributed by atoms with E-state index in [-0.39, 0.29) is 18.1 Å². The molecule has 1 aliphatic rings. The SMILES string of the molecule is CCC(OC1CCCC1)C(=O)NCc1cccnc1. The van der Waals surface area contributed by atoms with Crippen molar-refractivity contribution in [2.24, 2.45) is 0 Å². The first-order chi connectivity index (χ1) is 9.29. The average molecular weight is 262 g/mol. The van der Waals surface area contributed by atoms with Crippen LogP contribution < -0.4 is 5.32 Å². The first-order valence-electron chi connectivity index (χ1n) is 7.11. The predicted octanol–water partition coefficient (Wildman–Crippen LogP) is 2.44. The molecule has 104 valence electrons. The van der Waals surface area contributed by atoms with E-state index in [4.69, 9.17) is 4.74 Å². The fourth-order valence-electron chi connectivity index (χ4n) is 2.41. The molecule has 4 heteroatoms. The van der Waals surface area contributed by atoms with Crippen LogP contribution in [-0.2, 0) is 16.1 Å². The molecule has 1 amide bonds. The molecule has 1 fully saturated rings. The van der Waals surface area contributed by atoms with Crippen LogP contribution in [0.1, 0.15) is 44.6 Å². The van der Waals surface area contributed by atoms with Gasteiger partial charge in [-0.05, 0) is 30.9 Å². The van der Waals surface area contributed by atoms with Crippen molar-refractivity contribution in [3.63, 3.8) is 0 Å². The molecule has 2 rings (SSSR count). The Morgan fingerprint density at radius 1 is 1.53 bits per heavy atom. The lowest BCUT2D eigenvalue weighted by atomic mass is 10.2. The van der Waals surface area contributed by atoms with Crippen molar-refractivity contribution in [3.8, 4) is 0 Å². The lowest BCUT2D eigenvalue weighted by Crippen LogP contribution is -2.37. The van der Waals surface area contributed by atoms with Gasteiger partial charge in [0.05, 0.1) is 6.10 Å². The van der Waals surface area contributed by atoms with Gasteiger partial charge in [0.2, 0.25) is 5.91 Å². The van der Waals surface area contributed by atoms with Gasteiger partial charge in [-0.3, -0.25) is 9.78 Å². The number of ether oxygens (including phenoxy) is 1. The highest BCUT2D eigenvalue weighted by molar-refractivity contribution is 5.80. The molecule has 1 atom stereocenters. The molecule has 1 unspecified atom stereocenters. The van der Waals surface area contributed by atoms with Crippen molar-refractivity contribution in [1.29, 1.82) is 0 Å². The third-order valence-corrected chi connectivity index (χ3v) is 3.51. The second-order valence-electron chi connectivity index (χ2n) is 5.02. The van der Waals surface area contributed by atoms with Crippen molar-refractivity contribution in [3.05, 3.63) is 30.1 Å². The summed E-state index contributed by atoms with van der Waals surface area (Å²) in [6.07, 6.45) is 8.78. The highest BCUT2D eigenvalue weighted by Gasteiger charge is 2.23. The van der Waals surface area contributed by atoms with Crippen LogP contribution in [0.5, 0.6) is 0 Å². The van der Waals surface area contributed by atoms with Gasteiger partial charge in [-0.25, -0.2) is 0 Å². The Morgan fingerprint density at radius 3 is 2.95 bits per heavy atom. The van der Waals surface area contributed by atoms with Gasteiger partial charge in [-0.15, -0.1) is 0 Å². The molecule has 4 nitrogen and oxygen atoms in total. The maximum atomic E-state index is 12.1. The van der Waals surface area contributed by atoms with Crippen LogP contribution in [0, 0.1) is 0 Å². The van der Waals surface area contributed by atoms with Crippen molar-refractivity contribution < 1.29 is 9.53 Å². The number of pyridine rings is 1. The molecule has 1 aromatic heterocycles. The Bertz CT molecular complexity index is 388. The number of nitrogens with one attached hydrogen (secondary N) is 1. The molecule has 0 saturated heterocycles. The van der Waals surface area contributed by atoms with Crippen molar-refractivity contribution >= 4 is 5.91 Å². The lowest BCUT2D eigenvalue weighted by Gasteiger charge is -2.20. The van der Waals surface area contributed by atoms with Crippen LogP contribution in [0.3, 0.4) is 0 Å². The lowest BCUT2D eigenvalue weighted by molar-refractivity contribution is -0.136. The number of amides is 1. The van der Waals surface area contributed by atoms with Crippen LogP contribution in [-0.4, -0.2) is 23.1 Å². The topological polar surface area (TPSA) is 51.2 Å². The van der Waals surface area contributed by atoms with Crippen LogP contribution in [0.15, 0.2) is 24.5 Å². The van der Waals surface area contributed by atoms with E-state index in [0.29, 0.717) is 6.54 Å². The Kier molecular flexibility index (Phi) is 5.33. The van der Waals surface area contributed by atoms with Crippen LogP contribution >= 0.6 is 0 Å². The van der Waals surface area contributed by atoms with Gasteiger partial charge in [0, 0.05) is 18.9 Å². The van der Waals surface area contributed by atoms with E-state index in [1.54, 1.807) is 12.4 Å². The van der Waals surface area contributed by atoms with Gasteiger partial charge in [-0.1, -0.05) is 25.8 Å². The van der Waals surface area contributed by atoms with Crippen molar-refractivity contribution in [1.82, 2.24) is 10.3 Å². The Hall–Kier alpha value is -1.42. The number of nitrogens with zero attached hydrogens (tertiary/aromatic N) is 1. The summed E-state index contributed by atoms with van der Waals surface area (Å²) >= 11 is 0. The van der Waals surface area contributed by atoms with Crippen LogP contribution in [0.25, 0.3) is 0 Å². The number of hydrogen-bond acceptors (Lipinski definition) is 3. The van der Waals surface area contributed by atoms with Crippen LogP contribution in [0.2, 0.25) is 0 Å². The minimum absolute atomic E-state index is 0.0155. The molecule has 0 spiro atoms. The van der Waals surface area contributed by atoms with Gasteiger partial charge >= 0.3 is 0 Å². The third-order valence-electron chi connectivity index (χ3n) is 3.51. The molecule has 19 heavy (non-hydrogen) atoms. The maximum absolute atomic E-state index is 12.1. The summed E-state index contributed by atoms with van der Waals surface area (Å²) < 4.78 is 5.88. The van der Waals surface area contributed by atoms with Gasteiger partial charge in [0.15, 0.2) is 0 Å². The molecule has 1 saturated carbocycles. The summed E-state index contributed by atoms with van der Waals surface area (Å²) in [6, 6.07) is 3.82. The molecule has 0 aliphatic heterocycles. The van der Waals surface area contributed by atoms with Gasteiger partial charge < -0.3 is 10.1 Å². The van der Waals surface area contributed by atoms with E-state index < -0.39 is 0 Å². The number of carbonyl (C=O) groups is 1. The standard InChI is InChI=1S/C15H22N2O2/c1-2-14(19-13-7-3-4-8-13)15(18)17-11-12-6-5-9-16-10-12/h5-6,9-10,13-14H,2-4,7-8,11H2,1H3,(H,17,18). The summed E-state index contributed by atoms with van der Waals surface area (Å²) in [5.74, 6) is -0.0155. The Labute approximate surface area is 114 Å². The second-order valence-corrected chi connectivity index (χ2v) is 5.02. The number of aromatic nitrogens is 1. The zero-order valence-corrected chi connectivity index (χ0v) is 11.5. The predicted molar refractivity (Wildman–Crippen MR) is 73.5 cm³/mol. The second kappa shape index (κ2) is 7.24. The van der Waals surface area contributed by atoms with Gasteiger partial charge in [0.1, 0.15) is 6.10 Å². The van der Waals surface area contributed by atoms with E-state index in [1.165, 1.54) is 12.8 Å². The zero-order chi connectivity index (χ0) is 13.5. The van der Waals surface area contributed by atoms with Crippen molar-refractivity contribution in [2.45, 2.75) is 57.8 Å². The highest BCUT2D eigenvalue weighted by Crippen LogP contribution is 2.22. The third kappa shape index (κ3) is 4.31. The molecule has 0 radical (unpaired) electrons. The fourth-order valence-corrected chi connectivity index (χ4v) is 2.41. The van der Waals surface area contributed by atoms with E-state index in [2.05, 4.69) is 10.3 Å². The highest BCUT2D eigenvalue weighted by atomic mass is 16.5. The molecular formula is C15H22N2O2. The quantitative estimate of drug-likeness (QED) is 0.856. The van der Waals surface area contributed by atoms with E-state index in [9.17, 15) is 4.79 Å². The first-order valence-corrected chi connectivity index (χ1v) is 7.11. The Balaban J connectivity index is 1.79. The van der Waals surface area contributed by atoms with E-state index in [1.807, 2.05) is 19.1 Å². The average Bonchev–Trinajstić information content (AvgIpc) is 2.96. The molecule has 0 bridgehead atoms. The minimum Gasteiger partial charge on any atom is -0.365 e. The number of rotatable bonds is 6. The smallest absolute Gasteiger partial charge is 0.249 e. The number of hydrogen-bond donors (Lipinski definition) is 1. The largest absolute Gasteiger partial charge is 0.365 e. The van der Waals surface area contributed by atoms with E-state index >= 15 is 0 Å². The first kappa shape index (κ1) is 14.0. The summed E-state index contributed by atoms with van der Waals surface area (Å²) in [7, 11) is 0. The minimum atomic E-state index is -0.320. The summed E-state index contributed by atoms with van der Waals surface area (Å²) in [5.41, 5.74) is 1.01. The summed E-state index contributed by atoms with van der Waals surface area (Å²) in [5, 5.41) is 2.92. The molecule has 1 aliphatic carbocycles. The van der Waals surface area contributed by atoms with Crippen molar-refractivity contribution in [2.75, 3.05) is 0 Å². The monoisotopic (exact) mass is 262 g/mol. The summed E-state index contributed by atoms with van der Waals surface area (Å²) in [6.45, 7) is 2.50. The zero-order valence-electron chi connectivity index (χ0n) is 11.5. The van der Waals surface area contributed by atoms with Gasteiger partial charge in [0.25, 0.3) is 0 Å². The maximum Gasteiger partial charge on any atom is 0.249 e. The molecular weight excluding hydrogens is 240 g/mol. The van der Waals surface area contributed by atoms with Crippen LogP contribution in [0.4, 0.5) is 0 Å². The van der Waals surface area contributed by atoms with Gasteiger partial charge in [-0.2, -0.15) is 0 Å². The summed E-state index contributed by atoms with van der Waals surface area (Å²) in [4.78, 5) is 16.1. The normalized spacial score (nSPS) is 17.3. The number of carbonyl (C=O) groups excluding carboxylic acids is 1. The molecule has 0 aromatic carbocycles. The molecule has 1 aromatic rings. The molecule has 1 N–H and O–H groups in total. The molecule has 1 heterocycles. The van der Waals surface area contributed by atoms with E-state index in [0.717, 1.165) is 24.8 Å². The fraction of sp³-hybridized carbons (Fsp3) is 0.600. The Morgan fingerprint density at radius 2 is 2.32 bits per heavy atom.